The lowest BCUT2D eigenvalue weighted by atomic mass is 9.96. The molecular formula is C20H34O3. The van der Waals surface area contributed by atoms with Crippen LogP contribution in [0.15, 0.2) is 47.6 Å². The molecule has 0 aromatic carbocycles. The Balaban J connectivity index is 4.47. The molecule has 132 valence electrons. The van der Waals surface area contributed by atoms with Crippen LogP contribution in [-0.4, -0.2) is 33.1 Å². The standard InChI is InChI=1S/C20H34O3/c1-7-20(6,23)14-19(22)13-17(5)12-18(21)11-16(4)10-8-9-15(2)3/h7,9,11,13,18-19,21-23H,1,8,10,12,14H2,2-6H3/b16-11+,17-13+/t18-,19+,20-/m1/s1. The molecule has 3 heteroatoms. The molecule has 0 rings (SSSR count). The first-order chi connectivity index (χ1) is 10.6. The van der Waals surface area contributed by atoms with Crippen LogP contribution in [0.4, 0.5) is 0 Å². The van der Waals surface area contributed by atoms with Gasteiger partial charge < -0.3 is 15.3 Å². The zero-order valence-corrected chi connectivity index (χ0v) is 15.3. The van der Waals surface area contributed by atoms with Crippen molar-refractivity contribution in [2.45, 2.75) is 78.1 Å². The zero-order chi connectivity index (χ0) is 18.0. The van der Waals surface area contributed by atoms with Gasteiger partial charge in [-0.3, -0.25) is 0 Å². The van der Waals surface area contributed by atoms with E-state index >= 15 is 0 Å². The Labute approximate surface area is 141 Å². The highest BCUT2D eigenvalue weighted by Gasteiger charge is 2.19. The second kappa shape index (κ2) is 10.6. The topological polar surface area (TPSA) is 60.7 Å². The number of aliphatic hydroxyl groups excluding tert-OH is 2. The van der Waals surface area contributed by atoms with Crippen LogP contribution in [0.25, 0.3) is 0 Å². The average Bonchev–Trinajstić information content (AvgIpc) is 2.36. The minimum atomic E-state index is -1.09. The molecule has 0 bridgehead atoms. The number of allylic oxidation sites excluding steroid dienone is 3. The number of hydrogen-bond acceptors (Lipinski definition) is 3. The lowest BCUT2D eigenvalue weighted by Crippen LogP contribution is -2.26. The van der Waals surface area contributed by atoms with Gasteiger partial charge in [-0.25, -0.2) is 0 Å². The highest BCUT2D eigenvalue weighted by atomic mass is 16.3. The van der Waals surface area contributed by atoms with E-state index in [9.17, 15) is 15.3 Å². The third-order valence-electron chi connectivity index (χ3n) is 3.64. The van der Waals surface area contributed by atoms with Crippen molar-refractivity contribution in [3.63, 3.8) is 0 Å². The van der Waals surface area contributed by atoms with Crippen LogP contribution >= 0.6 is 0 Å². The van der Waals surface area contributed by atoms with Crippen molar-refractivity contribution >= 4 is 0 Å². The van der Waals surface area contributed by atoms with Gasteiger partial charge in [0.05, 0.1) is 17.8 Å². The Kier molecular flexibility index (Phi) is 10.1. The predicted octanol–water partition coefficient (Wildman–Crippen LogP) is 4.06. The van der Waals surface area contributed by atoms with E-state index < -0.39 is 17.8 Å². The van der Waals surface area contributed by atoms with Crippen LogP contribution in [-0.2, 0) is 0 Å². The summed E-state index contributed by atoms with van der Waals surface area (Å²) >= 11 is 0. The average molecular weight is 322 g/mol. The van der Waals surface area contributed by atoms with Gasteiger partial charge in [0, 0.05) is 6.42 Å². The Bertz CT molecular complexity index is 452. The first kappa shape index (κ1) is 21.8. The fraction of sp³-hybridized carbons (Fsp3) is 0.600. The van der Waals surface area contributed by atoms with Crippen molar-refractivity contribution in [2.75, 3.05) is 0 Å². The largest absolute Gasteiger partial charge is 0.389 e. The van der Waals surface area contributed by atoms with Crippen LogP contribution in [0.1, 0.15) is 60.3 Å². The summed E-state index contributed by atoms with van der Waals surface area (Å²) in [5.74, 6) is 0. The van der Waals surface area contributed by atoms with E-state index in [2.05, 4.69) is 26.5 Å². The highest BCUT2D eigenvalue weighted by Crippen LogP contribution is 2.17. The summed E-state index contributed by atoms with van der Waals surface area (Å²) in [7, 11) is 0. The lowest BCUT2D eigenvalue weighted by molar-refractivity contribution is 0.0573. The normalized spacial score (nSPS) is 18.1. The Morgan fingerprint density at radius 2 is 1.61 bits per heavy atom. The molecule has 0 fully saturated rings. The van der Waals surface area contributed by atoms with E-state index in [-0.39, 0.29) is 6.42 Å². The maximum atomic E-state index is 10.1. The van der Waals surface area contributed by atoms with Gasteiger partial charge in [-0.1, -0.05) is 41.0 Å². The molecule has 3 N–H and O–H groups in total. The Hall–Kier alpha value is -1.16. The molecule has 3 atom stereocenters. The molecule has 0 saturated carbocycles. The Morgan fingerprint density at radius 3 is 2.13 bits per heavy atom. The molecule has 0 unspecified atom stereocenters. The maximum Gasteiger partial charge on any atom is 0.0824 e. The van der Waals surface area contributed by atoms with Gasteiger partial charge in [0.25, 0.3) is 0 Å². The second-order valence-corrected chi connectivity index (χ2v) is 6.95. The first-order valence-electron chi connectivity index (χ1n) is 8.26. The van der Waals surface area contributed by atoms with E-state index in [0.717, 1.165) is 24.0 Å². The summed E-state index contributed by atoms with van der Waals surface area (Å²) in [6.45, 7) is 13.2. The molecule has 23 heavy (non-hydrogen) atoms. The fourth-order valence-corrected chi connectivity index (χ4v) is 2.35. The molecule has 0 aromatic rings. The molecule has 0 saturated heterocycles. The van der Waals surface area contributed by atoms with Gasteiger partial charge in [-0.15, -0.1) is 6.58 Å². The van der Waals surface area contributed by atoms with Crippen LogP contribution in [0.5, 0.6) is 0 Å². The van der Waals surface area contributed by atoms with Crippen LogP contribution in [0, 0.1) is 0 Å². The smallest absolute Gasteiger partial charge is 0.0824 e. The molecule has 0 aromatic heterocycles. The Morgan fingerprint density at radius 1 is 1.04 bits per heavy atom. The second-order valence-electron chi connectivity index (χ2n) is 6.95. The number of hydrogen-bond donors (Lipinski definition) is 3. The van der Waals surface area contributed by atoms with Gasteiger partial charge in [0.2, 0.25) is 0 Å². The minimum Gasteiger partial charge on any atom is -0.389 e. The number of aliphatic hydroxyl groups is 3. The monoisotopic (exact) mass is 322 g/mol. The SMILES string of the molecule is C=C[C@@](C)(O)C[C@@H](O)/C=C(\C)C[C@H](O)/C=C(\C)CCC=C(C)C. The van der Waals surface area contributed by atoms with Crippen molar-refractivity contribution in [3.8, 4) is 0 Å². The van der Waals surface area contributed by atoms with Crippen molar-refractivity contribution < 1.29 is 15.3 Å². The quantitative estimate of drug-likeness (QED) is 0.531. The van der Waals surface area contributed by atoms with E-state index in [1.54, 1.807) is 13.0 Å². The molecule has 0 amide bonds. The van der Waals surface area contributed by atoms with Gasteiger partial charge in [-0.05, 0) is 53.9 Å². The lowest BCUT2D eigenvalue weighted by Gasteiger charge is -2.21. The fourth-order valence-electron chi connectivity index (χ4n) is 2.35. The van der Waals surface area contributed by atoms with Crippen LogP contribution < -0.4 is 0 Å². The van der Waals surface area contributed by atoms with Gasteiger partial charge in [-0.2, -0.15) is 0 Å². The van der Waals surface area contributed by atoms with E-state index in [0.29, 0.717) is 6.42 Å². The molecule has 0 spiro atoms. The zero-order valence-electron chi connectivity index (χ0n) is 15.3. The van der Waals surface area contributed by atoms with Crippen molar-refractivity contribution in [3.05, 3.63) is 47.6 Å². The van der Waals surface area contributed by atoms with E-state index in [1.165, 1.54) is 11.6 Å². The number of rotatable bonds is 10. The summed E-state index contributed by atoms with van der Waals surface area (Å²) < 4.78 is 0. The van der Waals surface area contributed by atoms with Crippen molar-refractivity contribution in [1.82, 2.24) is 0 Å². The van der Waals surface area contributed by atoms with E-state index in [4.69, 9.17) is 0 Å². The summed E-state index contributed by atoms with van der Waals surface area (Å²) in [5, 5.41) is 29.9. The predicted molar refractivity (Wildman–Crippen MR) is 98.2 cm³/mol. The maximum absolute atomic E-state index is 10.1. The molecule has 0 radical (unpaired) electrons. The molecular weight excluding hydrogens is 288 g/mol. The van der Waals surface area contributed by atoms with Crippen LogP contribution in [0.2, 0.25) is 0 Å². The summed E-state index contributed by atoms with van der Waals surface area (Å²) in [6, 6.07) is 0. The van der Waals surface area contributed by atoms with Crippen molar-refractivity contribution in [1.29, 1.82) is 0 Å². The van der Waals surface area contributed by atoms with Crippen LogP contribution in [0.3, 0.4) is 0 Å². The minimum absolute atomic E-state index is 0.196. The third kappa shape index (κ3) is 12.0. The van der Waals surface area contributed by atoms with E-state index in [1.807, 2.05) is 19.9 Å². The highest BCUT2D eigenvalue weighted by molar-refractivity contribution is 5.11. The first-order valence-corrected chi connectivity index (χ1v) is 8.26. The summed E-state index contributed by atoms with van der Waals surface area (Å²) in [5.41, 5.74) is 2.29. The molecule has 0 heterocycles. The molecule has 0 aliphatic carbocycles. The van der Waals surface area contributed by atoms with Crippen molar-refractivity contribution in [2.24, 2.45) is 0 Å². The summed E-state index contributed by atoms with van der Waals surface area (Å²) in [4.78, 5) is 0. The van der Waals surface area contributed by atoms with Gasteiger partial charge in [0.15, 0.2) is 0 Å². The third-order valence-corrected chi connectivity index (χ3v) is 3.64. The van der Waals surface area contributed by atoms with Gasteiger partial charge >= 0.3 is 0 Å². The van der Waals surface area contributed by atoms with Gasteiger partial charge in [0.1, 0.15) is 0 Å². The molecule has 0 aliphatic rings. The molecule has 3 nitrogen and oxygen atoms in total. The summed E-state index contributed by atoms with van der Waals surface area (Å²) in [6.07, 6.45) is 8.48. The molecule has 0 aliphatic heterocycles.